The summed E-state index contributed by atoms with van der Waals surface area (Å²) in [5, 5.41) is 21.5. The molecule has 3 aromatic rings. The molecule has 130 valence electrons. The van der Waals surface area contributed by atoms with E-state index >= 15 is 0 Å². The molecule has 0 radical (unpaired) electrons. The summed E-state index contributed by atoms with van der Waals surface area (Å²) in [6.07, 6.45) is 0.241. The number of H-pyrrole nitrogens is 1. The van der Waals surface area contributed by atoms with Crippen LogP contribution >= 0.6 is 11.6 Å². The van der Waals surface area contributed by atoms with Crippen LogP contribution in [0.25, 0.3) is 11.3 Å². The van der Waals surface area contributed by atoms with E-state index in [-0.39, 0.29) is 23.9 Å². The zero-order valence-electron chi connectivity index (χ0n) is 13.4. The third kappa shape index (κ3) is 2.82. The van der Waals surface area contributed by atoms with Crippen molar-refractivity contribution >= 4 is 29.0 Å². The summed E-state index contributed by atoms with van der Waals surface area (Å²) < 4.78 is 0. The van der Waals surface area contributed by atoms with Gasteiger partial charge < -0.3 is 5.32 Å². The van der Waals surface area contributed by atoms with Crippen molar-refractivity contribution < 1.29 is 9.72 Å². The molecule has 7 nitrogen and oxygen atoms in total. The number of non-ortho nitro benzene ring substituents is 1. The van der Waals surface area contributed by atoms with Gasteiger partial charge in [0.2, 0.25) is 5.91 Å². The number of aromatic nitrogens is 2. The van der Waals surface area contributed by atoms with E-state index in [4.69, 9.17) is 11.6 Å². The predicted octanol–water partition coefficient (Wildman–Crippen LogP) is 4.11. The average molecular weight is 369 g/mol. The lowest BCUT2D eigenvalue weighted by Gasteiger charge is -2.23. The second kappa shape index (κ2) is 6.27. The highest BCUT2D eigenvalue weighted by Gasteiger charge is 2.32. The van der Waals surface area contributed by atoms with Crippen LogP contribution in [0.2, 0.25) is 5.02 Å². The molecule has 0 fully saturated rings. The Bertz CT molecular complexity index is 996. The number of hydrogen-bond acceptors (Lipinski definition) is 4. The normalized spacial score (nSPS) is 16.0. The number of amides is 1. The highest BCUT2D eigenvalue weighted by molar-refractivity contribution is 6.30. The molecule has 1 atom stereocenters. The first kappa shape index (κ1) is 16.3. The first-order valence-electron chi connectivity index (χ1n) is 7.91. The Hall–Kier alpha value is -3.19. The maximum atomic E-state index is 12.1. The van der Waals surface area contributed by atoms with E-state index in [1.807, 2.05) is 12.1 Å². The SMILES string of the molecule is O=C1C[C@H](c2ccc([N+](=O)[O-])cc2)c2c(n[nH]c2-c2ccc(Cl)cc2)N1. The molecule has 1 aliphatic rings. The molecule has 2 aromatic carbocycles. The fourth-order valence-electron chi connectivity index (χ4n) is 3.21. The Morgan fingerprint density at radius 2 is 1.81 bits per heavy atom. The molecule has 0 spiro atoms. The van der Waals surface area contributed by atoms with Crippen molar-refractivity contribution in [2.45, 2.75) is 12.3 Å². The van der Waals surface area contributed by atoms with Gasteiger partial charge in [-0.15, -0.1) is 0 Å². The number of halogens is 1. The lowest BCUT2D eigenvalue weighted by atomic mass is 9.84. The van der Waals surface area contributed by atoms with E-state index < -0.39 is 4.92 Å². The van der Waals surface area contributed by atoms with Gasteiger partial charge in [-0.3, -0.25) is 20.0 Å². The summed E-state index contributed by atoms with van der Waals surface area (Å²) in [5.74, 6) is 0.0912. The van der Waals surface area contributed by atoms with Crippen LogP contribution in [0.5, 0.6) is 0 Å². The van der Waals surface area contributed by atoms with Gasteiger partial charge in [-0.2, -0.15) is 5.10 Å². The molecule has 0 aliphatic carbocycles. The fraction of sp³-hybridized carbons (Fsp3) is 0.111. The Morgan fingerprint density at radius 3 is 2.46 bits per heavy atom. The minimum atomic E-state index is -0.445. The van der Waals surface area contributed by atoms with Crippen LogP contribution in [-0.4, -0.2) is 21.0 Å². The highest BCUT2D eigenvalue weighted by atomic mass is 35.5. The monoisotopic (exact) mass is 368 g/mol. The molecule has 26 heavy (non-hydrogen) atoms. The highest BCUT2D eigenvalue weighted by Crippen LogP contribution is 2.42. The van der Waals surface area contributed by atoms with E-state index in [0.29, 0.717) is 10.8 Å². The van der Waals surface area contributed by atoms with Gasteiger partial charge in [-0.1, -0.05) is 35.9 Å². The molecule has 0 saturated heterocycles. The molecule has 0 unspecified atom stereocenters. The van der Waals surface area contributed by atoms with Crippen molar-refractivity contribution in [1.82, 2.24) is 10.2 Å². The Balaban J connectivity index is 1.81. The molecule has 2 heterocycles. The zero-order valence-corrected chi connectivity index (χ0v) is 14.2. The second-order valence-electron chi connectivity index (χ2n) is 6.02. The zero-order chi connectivity index (χ0) is 18.3. The van der Waals surface area contributed by atoms with Crippen LogP contribution in [0.4, 0.5) is 11.5 Å². The van der Waals surface area contributed by atoms with Crippen LogP contribution in [0.15, 0.2) is 48.5 Å². The van der Waals surface area contributed by atoms with E-state index in [0.717, 1.165) is 22.4 Å². The standard InChI is InChI=1S/C18H13ClN4O3/c19-12-5-1-11(2-6-12)17-16-14(9-15(24)20-18(16)22-21-17)10-3-7-13(8-4-10)23(25)26/h1-8,14H,9H2,(H2,20,21,22,24)/t14-/m1/s1. The number of aromatic amines is 1. The van der Waals surface area contributed by atoms with E-state index in [2.05, 4.69) is 15.5 Å². The van der Waals surface area contributed by atoms with Gasteiger partial charge in [0.1, 0.15) is 0 Å². The number of nitrogens with zero attached hydrogens (tertiary/aromatic N) is 2. The molecular weight excluding hydrogens is 356 g/mol. The summed E-state index contributed by atoms with van der Waals surface area (Å²) in [6, 6.07) is 13.6. The van der Waals surface area contributed by atoms with Crippen molar-refractivity contribution in [3.8, 4) is 11.3 Å². The predicted molar refractivity (Wildman–Crippen MR) is 97.2 cm³/mol. The number of benzene rings is 2. The number of nitrogens with one attached hydrogen (secondary N) is 2. The van der Waals surface area contributed by atoms with Gasteiger partial charge in [0.25, 0.3) is 5.69 Å². The van der Waals surface area contributed by atoms with Crippen LogP contribution in [0.3, 0.4) is 0 Å². The second-order valence-corrected chi connectivity index (χ2v) is 6.46. The van der Waals surface area contributed by atoms with Crippen molar-refractivity contribution in [2.75, 3.05) is 5.32 Å². The summed E-state index contributed by atoms with van der Waals surface area (Å²) in [5.41, 5.74) is 3.38. The van der Waals surface area contributed by atoms with Gasteiger partial charge in [0.15, 0.2) is 5.82 Å². The maximum Gasteiger partial charge on any atom is 0.269 e. The number of nitro benzene ring substituents is 1. The third-order valence-corrected chi connectivity index (χ3v) is 4.69. The lowest BCUT2D eigenvalue weighted by Crippen LogP contribution is -2.23. The Morgan fingerprint density at radius 1 is 1.12 bits per heavy atom. The molecule has 0 saturated carbocycles. The molecule has 4 rings (SSSR count). The first-order valence-corrected chi connectivity index (χ1v) is 8.29. The topological polar surface area (TPSA) is 101 Å². The maximum absolute atomic E-state index is 12.1. The molecule has 1 aliphatic heterocycles. The van der Waals surface area contributed by atoms with Crippen molar-refractivity contribution in [1.29, 1.82) is 0 Å². The Kier molecular flexibility index (Phi) is 3.93. The average Bonchev–Trinajstić information content (AvgIpc) is 3.05. The van der Waals surface area contributed by atoms with E-state index in [1.54, 1.807) is 24.3 Å². The summed E-state index contributed by atoms with van der Waals surface area (Å²) >= 11 is 5.96. The number of fused-ring (bicyclic) bond motifs is 1. The third-order valence-electron chi connectivity index (χ3n) is 4.44. The van der Waals surface area contributed by atoms with Gasteiger partial charge in [0.05, 0.1) is 10.6 Å². The number of anilines is 1. The van der Waals surface area contributed by atoms with E-state index in [9.17, 15) is 14.9 Å². The quantitative estimate of drug-likeness (QED) is 0.536. The Labute approximate surface area is 153 Å². The minimum absolute atomic E-state index is 0.0133. The molecule has 8 heteroatoms. The molecule has 1 amide bonds. The largest absolute Gasteiger partial charge is 0.309 e. The van der Waals surface area contributed by atoms with Crippen LogP contribution in [0, 0.1) is 10.1 Å². The van der Waals surface area contributed by atoms with Crippen molar-refractivity contribution in [3.63, 3.8) is 0 Å². The molecule has 0 bridgehead atoms. The summed E-state index contributed by atoms with van der Waals surface area (Å²) in [4.78, 5) is 22.5. The fourth-order valence-corrected chi connectivity index (χ4v) is 3.33. The van der Waals surface area contributed by atoms with Gasteiger partial charge >= 0.3 is 0 Å². The van der Waals surface area contributed by atoms with Gasteiger partial charge in [-0.25, -0.2) is 0 Å². The first-order chi connectivity index (χ1) is 12.5. The minimum Gasteiger partial charge on any atom is -0.309 e. The smallest absolute Gasteiger partial charge is 0.269 e. The summed E-state index contributed by atoms with van der Waals surface area (Å²) in [7, 11) is 0. The van der Waals surface area contributed by atoms with Gasteiger partial charge in [-0.05, 0) is 17.7 Å². The number of hydrogen-bond donors (Lipinski definition) is 2. The van der Waals surface area contributed by atoms with Crippen LogP contribution in [0.1, 0.15) is 23.5 Å². The lowest BCUT2D eigenvalue weighted by molar-refractivity contribution is -0.384. The number of carbonyl (C=O) groups excluding carboxylic acids is 1. The van der Waals surface area contributed by atoms with Crippen LogP contribution in [-0.2, 0) is 4.79 Å². The van der Waals surface area contributed by atoms with Crippen molar-refractivity contribution in [3.05, 3.63) is 74.8 Å². The number of carbonyl (C=O) groups is 1. The van der Waals surface area contributed by atoms with Gasteiger partial charge in [0, 0.05) is 40.6 Å². The number of nitro groups is 1. The van der Waals surface area contributed by atoms with Crippen LogP contribution < -0.4 is 5.32 Å². The van der Waals surface area contributed by atoms with E-state index in [1.165, 1.54) is 12.1 Å². The summed E-state index contributed by atoms with van der Waals surface area (Å²) in [6.45, 7) is 0. The van der Waals surface area contributed by atoms with Crippen molar-refractivity contribution in [2.24, 2.45) is 0 Å². The number of rotatable bonds is 3. The molecule has 2 N–H and O–H groups in total. The molecule has 1 aromatic heterocycles. The molecular formula is C18H13ClN4O3.